The van der Waals surface area contributed by atoms with E-state index in [-0.39, 0.29) is 5.43 Å². The van der Waals surface area contributed by atoms with Crippen LogP contribution < -0.4 is 5.43 Å². The van der Waals surface area contributed by atoms with Crippen LogP contribution in [0.25, 0.3) is 22.3 Å². The van der Waals surface area contributed by atoms with E-state index < -0.39 is 10.9 Å². The topological polar surface area (TPSA) is 30.2 Å². The molecule has 2 aromatic carbocycles. The molecule has 0 unspecified atom stereocenters. The van der Waals surface area contributed by atoms with Crippen molar-refractivity contribution in [3.8, 4) is 11.3 Å². The molecule has 0 fully saturated rings. The smallest absolute Gasteiger partial charge is 0.205 e. The number of allylic oxidation sites excluding steroid dienone is 2. The number of fused-ring (bicyclic) bond motifs is 1. The molecule has 23 heavy (non-hydrogen) atoms. The molecule has 3 heteroatoms. The van der Waals surface area contributed by atoms with E-state index in [1.165, 1.54) is 0 Å². The first-order valence-corrected chi connectivity index (χ1v) is 8.99. The van der Waals surface area contributed by atoms with E-state index in [1.807, 2.05) is 67.6 Å². The number of thiol groups is 1. The van der Waals surface area contributed by atoms with Crippen LogP contribution in [0.1, 0.15) is 5.56 Å². The minimum Gasteiger partial charge on any atom is -0.454 e. The van der Waals surface area contributed by atoms with Gasteiger partial charge in [0.15, 0.2) is 5.76 Å². The summed E-state index contributed by atoms with van der Waals surface area (Å²) in [6.45, 7) is 1.97. The fourth-order valence-electron chi connectivity index (χ4n) is 2.85. The average molecular weight is 320 g/mol. The Bertz CT molecular complexity index is 985. The third kappa shape index (κ3) is 2.34. The van der Waals surface area contributed by atoms with E-state index in [4.69, 9.17) is 4.42 Å². The lowest BCUT2D eigenvalue weighted by Gasteiger charge is -2.16. The number of hydrogen-bond donors (Lipinski definition) is 1. The van der Waals surface area contributed by atoms with E-state index >= 15 is 0 Å². The Hall–Kier alpha value is -2.52. The Balaban J connectivity index is 2.12. The third-order valence-electron chi connectivity index (χ3n) is 3.99. The Labute approximate surface area is 137 Å². The van der Waals surface area contributed by atoms with Crippen molar-refractivity contribution in [1.82, 2.24) is 0 Å². The maximum absolute atomic E-state index is 13.2. The summed E-state index contributed by atoms with van der Waals surface area (Å²) in [5.74, 6) is 0.694. The molecule has 0 bridgehead atoms. The zero-order valence-corrected chi connectivity index (χ0v) is 13.6. The first-order valence-electron chi connectivity index (χ1n) is 7.51. The lowest BCUT2D eigenvalue weighted by Crippen LogP contribution is -2.08. The summed E-state index contributed by atoms with van der Waals surface area (Å²) in [5.41, 5.74) is 2.69. The second kappa shape index (κ2) is 5.60. The zero-order chi connectivity index (χ0) is 15.8. The average Bonchev–Trinajstić information content (AvgIpc) is 3.10. The minimum absolute atomic E-state index is 0.0797. The fourth-order valence-corrected chi connectivity index (χ4v) is 4.58. The monoisotopic (exact) mass is 320 g/mol. The molecule has 1 aromatic heterocycles. The molecule has 0 aliphatic carbocycles. The molecular weight excluding hydrogens is 304 g/mol. The van der Waals surface area contributed by atoms with Gasteiger partial charge >= 0.3 is 0 Å². The lowest BCUT2D eigenvalue weighted by atomic mass is 10.1. The van der Waals surface area contributed by atoms with Crippen molar-refractivity contribution in [3.05, 3.63) is 87.3 Å². The third-order valence-corrected chi connectivity index (χ3v) is 5.90. The highest BCUT2D eigenvalue weighted by Gasteiger charge is 2.20. The highest BCUT2D eigenvalue weighted by Crippen LogP contribution is 2.45. The Morgan fingerprint density at radius 3 is 2.39 bits per heavy atom. The van der Waals surface area contributed by atoms with Crippen molar-refractivity contribution in [2.24, 2.45) is 0 Å². The van der Waals surface area contributed by atoms with E-state index in [2.05, 4.69) is 10.8 Å². The summed E-state index contributed by atoms with van der Waals surface area (Å²) in [6, 6.07) is 15.6. The second-order valence-corrected chi connectivity index (χ2v) is 7.37. The normalized spacial score (nSPS) is 14.7. The van der Waals surface area contributed by atoms with Gasteiger partial charge < -0.3 is 4.42 Å². The van der Waals surface area contributed by atoms with Crippen molar-refractivity contribution in [2.75, 3.05) is 0 Å². The predicted molar refractivity (Wildman–Crippen MR) is 98.2 cm³/mol. The van der Waals surface area contributed by atoms with Gasteiger partial charge in [-0.2, -0.15) is 10.9 Å². The van der Waals surface area contributed by atoms with Gasteiger partial charge in [-0.05, 0) is 29.4 Å². The molecule has 0 radical (unpaired) electrons. The van der Waals surface area contributed by atoms with E-state index in [0.717, 1.165) is 16.0 Å². The first-order chi connectivity index (χ1) is 11.3. The molecule has 0 amide bonds. The number of benzene rings is 2. The number of rotatable bonds is 2. The Morgan fingerprint density at radius 2 is 1.65 bits per heavy atom. The second-order valence-electron chi connectivity index (χ2n) is 5.52. The quantitative estimate of drug-likeness (QED) is 0.660. The highest BCUT2D eigenvalue weighted by atomic mass is 32.2. The van der Waals surface area contributed by atoms with Gasteiger partial charge in [0.1, 0.15) is 5.58 Å². The van der Waals surface area contributed by atoms with E-state index in [0.29, 0.717) is 16.7 Å². The van der Waals surface area contributed by atoms with Gasteiger partial charge in [0.25, 0.3) is 0 Å². The van der Waals surface area contributed by atoms with Crippen LogP contribution in [-0.2, 0) is 0 Å². The zero-order valence-electron chi connectivity index (χ0n) is 12.7. The van der Waals surface area contributed by atoms with E-state index in [9.17, 15) is 4.79 Å². The van der Waals surface area contributed by atoms with Gasteiger partial charge in [0, 0.05) is 5.56 Å². The predicted octanol–water partition coefficient (Wildman–Crippen LogP) is 5.17. The van der Waals surface area contributed by atoms with E-state index in [1.54, 1.807) is 0 Å². The highest BCUT2D eigenvalue weighted by molar-refractivity contribution is 8.22. The van der Waals surface area contributed by atoms with Crippen molar-refractivity contribution in [2.45, 2.75) is 11.8 Å². The molecule has 2 heterocycles. The first kappa shape index (κ1) is 14.1. The van der Waals surface area contributed by atoms with Gasteiger partial charge in [-0.3, -0.25) is 4.79 Å². The summed E-state index contributed by atoms with van der Waals surface area (Å²) in [7, 11) is -0.756. The van der Waals surface area contributed by atoms with Crippen molar-refractivity contribution < 1.29 is 4.42 Å². The molecule has 1 aliphatic rings. The van der Waals surface area contributed by atoms with Gasteiger partial charge in [0.2, 0.25) is 5.43 Å². The lowest BCUT2D eigenvalue weighted by molar-refractivity contribution is 0.602. The summed E-state index contributed by atoms with van der Waals surface area (Å²) in [4.78, 5) is 13.9. The molecule has 0 N–H and O–H groups in total. The number of para-hydroxylation sites is 1. The SMILES string of the molecule is Cc1cccc2c(=O)c([SH]3C=CC=C3)c(-c3ccccc3)oc12. The molecule has 0 saturated carbocycles. The van der Waals surface area contributed by atoms with Crippen LogP contribution in [0.5, 0.6) is 0 Å². The fraction of sp³-hybridized carbons (Fsp3) is 0.0500. The van der Waals surface area contributed by atoms with Gasteiger partial charge in [-0.15, -0.1) is 0 Å². The van der Waals surface area contributed by atoms with Gasteiger partial charge in [0.05, 0.1) is 10.3 Å². The van der Waals surface area contributed by atoms with Crippen LogP contribution in [0, 0.1) is 6.92 Å². The molecule has 3 aromatic rings. The molecule has 0 atom stereocenters. The molecule has 0 saturated heterocycles. The van der Waals surface area contributed by atoms with Crippen LogP contribution in [0.15, 0.2) is 85.6 Å². The Kier molecular flexibility index (Phi) is 3.43. The molecule has 2 nitrogen and oxygen atoms in total. The van der Waals surface area contributed by atoms with Crippen LogP contribution >= 0.6 is 10.9 Å². The molecular formula is C20H16O2S. The largest absolute Gasteiger partial charge is 0.454 e. The maximum atomic E-state index is 13.2. The molecule has 114 valence electrons. The van der Waals surface area contributed by atoms with Crippen molar-refractivity contribution in [1.29, 1.82) is 0 Å². The number of aryl methyl sites for hydroxylation is 1. The van der Waals surface area contributed by atoms with Gasteiger partial charge in [-0.25, -0.2) is 0 Å². The molecule has 4 rings (SSSR count). The van der Waals surface area contributed by atoms with Crippen LogP contribution in [-0.4, -0.2) is 0 Å². The summed E-state index contributed by atoms with van der Waals surface area (Å²) < 4.78 is 6.25. The van der Waals surface area contributed by atoms with Crippen molar-refractivity contribution in [3.63, 3.8) is 0 Å². The summed E-state index contributed by atoms with van der Waals surface area (Å²) in [5, 5.41) is 4.85. The Morgan fingerprint density at radius 1 is 0.913 bits per heavy atom. The standard InChI is InChI=1S/C20H16O2S/c1-14-8-7-11-16-17(21)20(23-12-5-6-13-23)19(22-18(14)16)15-9-3-2-4-10-15/h2-13,23H,1H3. The molecule has 0 spiro atoms. The van der Waals surface area contributed by atoms with Crippen LogP contribution in [0.3, 0.4) is 0 Å². The van der Waals surface area contributed by atoms with Crippen LogP contribution in [0.4, 0.5) is 0 Å². The van der Waals surface area contributed by atoms with Crippen LogP contribution in [0.2, 0.25) is 0 Å². The van der Waals surface area contributed by atoms with Crippen molar-refractivity contribution >= 4 is 21.9 Å². The summed E-state index contributed by atoms with van der Waals surface area (Å²) in [6.07, 6.45) is 4.00. The minimum atomic E-state index is -0.756. The maximum Gasteiger partial charge on any atom is 0.205 e. The van der Waals surface area contributed by atoms with Gasteiger partial charge in [-0.1, -0.05) is 54.6 Å². The number of hydrogen-bond acceptors (Lipinski definition) is 2. The summed E-state index contributed by atoms with van der Waals surface area (Å²) >= 11 is 0. The molecule has 1 aliphatic heterocycles.